The standard InChI is InChI=1S/C18H19ClN2O4S/c19-13-1-3-14(4-2-13)25-15-5-7-16(8-6-15)26(23,24)18(17(20)22)9-11-21-12-10-18/h1-8,21H,9-12H2,(H2,20,22). The molecule has 0 radical (unpaired) electrons. The molecule has 0 bridgehead atoms. The highest BCUT2D eigenvalue weighted by Crippen LogP contribution is 2.34. The fourth-order valence-electron chi connectivity index (χ4n) is 3.03. The third-order valence-electron chi connectivity index (χ3n) is 4.56. The van der Waals surface area contributed by atoms with Crippen LogP contribution in [0, 0.1) is 0 Å². The largest absolute Gasteiger partial charge is 0.457 e. The quantitative estimate of drug-likeness (QED) is 0.811. The Balaban J connectivity index is 1.86. The van der Waals surface area contributed by atoms with Crippen LogP contribution in [0.3, 0.4) is 0 Å². The normalized spacial score (nSPS) is 16.8. The van der Waals surface area contributed by atoms with Crippen molar-refractivity contribution in [2.45, 2.75) is 22.5 Å². The van der Waals surface area contributed by atoms with E-state index in [1.54, 1.807) is 36.4 Å². The summed E-state index contributed by atoms with van der Waals surface area (Å²) >= 11 is 5.83. The molecule has 26 heavy (non-hydrogen) atoms. The first kappa shape index (κ1) is 18.7. The lowest BCUT2D eigenvalue weighted by molar-refractivity contribution is -0.121. The lowest BCUT2D eigenvalue weighted by atomic mass is 9.96. The molecule has 3 rings (SSSR count). The second-order valence-electron chi connectivity index (χ2n) is 6.14. The number of halogens is 1. The van der Waals surface area contributed by atoms with Gasteiger partial charge in [0.05, 0.1) is 4.90 Å². The van der Waals surface area contributed by atoms with Gasteiger partial charge < -0.3 is 15.8 Å². The topological polar surface area (TPSA) is 98.5 Å². The van der Waals surface area contributed by atoms with Gasteiger partial charge in [-0.05, 0) is 74.5 Å². The van der Waals surface area contributed by atoms with Gasteiger partial charge in [-0.2, -0.15) is 0 Å². The van der Waals surface area contributed by atoms with Crippen LogP contribution in [-0.2, 0) is 14.6 Å². The summed E-state index contributed by atoms with van der Waals surface area (Å²) < 4.78 is 30.2. The van der Waals surface area contributed by atoms with Crippen LogP contribution in [0.4, 0.5) is 0 Å². The number of carbonyl (C=O) groups excluding carboxylic acids is 1. The van der Waals surface area contributed by atoms with E-state index < -0.39 is 20.5 Å². The van der Waals surface area contributed by atoms with Crippen LogP contribution < -0.4 is 15.8 Å². The summed E-state index contributed by atoms with van der Waals surface area (Å²) in [6.45, 7) is 0.861. The number of benzene rings is 2. The van der Waals surface area contributed by atoms with Gasteiger partial charge in [-0.25, -0.2) is 8.42 Å². The van der Waals surface area contributed by atoms with Crippen molar-refractivity contribution >= 4 is 27.3 Å². The molecule has 1 heterocycles. The van der Waals surface area contributed by atoms with Crippen molar-refractivity contribution in [2.75, 3.05) is 13.1 Å². The van der Waals surface area contributed by atoms with E-state index in [0.29, 0.717) is 29.6 Å². The molecular formula is C18H19ClN2O4S. The lowest BCUT2D eigenvalue weighted by Gasteiger charge is -2.34. The number of nitrogens with one attached hydrogen (secondary N) is 1. The first-order valence-electron chi connectivity index (χ1n) is 8.14. The van der Waals surface area contributed by atoms with Crippen LogP contribution in [0.2, 0.25) is 5.02 Å². The molecule has 8 heteroatoms. The molecule has 1 fully saturated rings. The second kappa shape index (κ2) is 7.26. The number of amides is 1. The smallest absolute Gasteiger partial charge is 0.239 e. The Hall–Kier alpha value is -2.09. The number of primary amides is 1. The predicted octanol–water partition coefficient (Wildman–Crippen LogP) is 2.51. The first-order valence-corrected chi connectivity index (χ1v) is 10.00. The minimum absolute atomic E-state index is 0.0571. The number of rotatable bonds is 5. The monoisotopic (exact) mass is 394 g/mol. The lowest BCUT2D eigenvalue weighted by Crippen LogP contribution is -2.56. The zero-order chi connectivity index (χ0) is 18.8. The molecule has 1 saturated heterocycles. The minimum atomic E-state index is -3.91. The van der Waals surface area contributed by atoms with Crippen LogP contribution in [0.1, 0.15) is 12.8 Å². The van der Waals surface area contributed by atoms with Gasteiger partial charge in [0.25, 0.3) is 0 Å². The zero-order valence-corrected chi connectivity index (χ0v) is 15.5. The van der Waals surface area contributed by atoms with Gasteiger partial charge in [-0.3, -0.25) is 4.79 Å². The third kappa shape index (κ3) is 3.42. The summed E-state index contributed by atoms with van der Waals surface area (Å²) in [6.07, 6.45) is 0.321. The van der Waals surface area contributed by atoms with Crippen LogP contribution in [0.5, 0.6) is 11.5 Å². The molecule has 0 spiro atoms. The van der Waals surface area contributed by atoms with Gasteiger partial charge in [0.15, 0.2) is 14.6 Å². The van der Waals surface area contributed by atoms with Gasteiger partial charge >= 0.3 is 0 Å². The van der Waals surface area contributed by atoms with Gasteiger partial charge in [0.1, 0.15) is 11.5 Å². The summed E-state index contributed by atoms with van der Waals surface area (Å²) in [5.74, 6) is 0.252. The molecule has 1 aliphatic rings. The molecule has 0 saturated carbocycles. The van der Waals surface area contributed by atoms with E-state index in [1.807, 2.05) is 0 Å². The van der Waals surface area contributed by atoms with Crippen molar-refractivity contribution in [3.63, 3.8) is 0 Å². The van der Waals surface area contributed by atoms with Gasteiger partial charge in [-0.15, -0.1) is 0 Å². The molecule has 1 aliphatic heterocycles. The number of sulfone groups is 1. The van der Waals surface area contributed by atoms with E-state index in [4.69, 9.17) is 22.1 Å². The molecule has 2 aromatic carbocycles. The molecule has 2 aromatic rings. The van der Waals surface area contributed by atoms with Crippen LogP contribution in [-0.4, -0.2) is 32.2 Å². The summed E-state index contributed by atoms with van der Waals surface area (Å²) in [4.78, 5) is 12.1. The van der Waals surface area contributed by atoms with Crippen molar-refractivity contribution in [3.8, 4) is 11.5 Å². The fourth-order valence-corrected chi connectivity index (χ4v) is 5.11. The number of carbonyl (C=O) groups is 1. The Morgan fingerprint density at radius 2 is 1.50 bits per heavy atom. The van der Waals surface area contributed by atoms with Crippen molar-refractivity contribution in [2.24, 2.45) is 5.73 Å². The molecule has 0 unspecified atom stereocenters. The van der Waals surface area contributed by atoms with Gasteiger partial charge in [0.2, 0.25) is 5.91 Å². The van der Waals surface area contributed by atoms with E-state index in [9.17, 15) is 13.2 Å². The Morgan fingerprint density at radius 1 is 1.00 bits per heavy atom. The highest BCUT2D eigenvalue weighted by Gasteiger charge is 2.50. The van der Waals surface area contributed by atoms with E-state index in [2.05, 4.69) is 5.32 Å². The van der Waals surface area contributed by atoms with Crippen LogP contribution >= 0.6 is 11.6 Å². The van der Waals surface area contributed by atoms with Crippen LogP contribution in [0.25, 0.3) is 0 Å². The maximum absolute atomic E-state index is 13.1. The summed E-state index contributed by atoms with van der Waals surface area (Å²) in [6, 6.07) is 12.8. The molecule has 6 nitrogen and oxygen atoms in total. The number of nitrogens with two attached hydrogens (primary N) is 1. The van der Waals surface area contributed by atoms with Gasteiger partial charge in [0, 0.05) is 5.02 Å². The summed E-state index contributed by atoms with van der Waals surface area (Å²) in [5, 5.41) is 3.65. The SMILES string of the molecule is NC(=O)C1(S(=O)(=O)c2ccc(Oc3ccc(Cl)cc3)cc2)CCNCC1. The molecule has 0 aliphatic carbocycles. The van der Waals surface area contributed by atoms with E-state index >= 15 is 0 Å². The Morgan fingerprint density at radius 3 is 2.00 bits per heavy atom. The predicted molar refractivity (Wildman–Crippen MR) is 99.2 cm³/mol. The van der Waals surface area contributed by atoms with Crippen LogP contribution in [0.15, 0.2) is 53.4 Å². The summed E-state index contributed by atoms with van der Waals surface area (Å²) in [5.41, 5.74) is 5.49. The third-order valence-corrected chi connectivity index (χ3v) is 7.34. The molecule has 0 aromatic heterocycles. The van der Waals surface area contributed by atoms with E-state index in [0.717, 1.165) is 0 Å². The maximum atomic E-state index is 13.1. The van der Waals surface area contributed by atoms with E-state index in [-0.39, 0.29) is 17.7 Å². The maximum Gasteiger partial charge on any atom is 0.239 e. The second-order valence-corrected chi connectivity index (χ2v) is 8.84. The highest BCUT2D eigenvalue weighted by atomic mass is 35.5. The molecule has 3 N–H and O–H groups in total. The van der Waals surface area contributed by atoms with Crippen molar-refractivity contribution in [3.05, 3.63) is 53.6 Å². The number of ether oxygens (including phenoxy) is 1. The Labute approximate surface area is 157 Å². The van der Waals surface area contributed by atoms with Crippen molar-refractivity contribution in [1.29, 1.82) is 0 Å². The molecule has 0 atom stereocenters. The Kier molecular flexibility index (Phi) is 5.22. The molecule has 138 valence electrons. The minimum Gasteiger partial charge on any atom is -0.457 e. The highest BCUT2D eigenvalue weighted by molar-refractivity contribution is 7.93. The first-order chi connectivity index (χ1) is 12.3. The average Bonchev–Trinajstić information content (AvgIpc) is 2.64. The molecular weight excluding hydrogens is 376 g/mol. The fraction of sp³-hybridized carbons (Fsp3) is 0.278. The number of hydrogen-bond acceptors (Lipinski definition) is 5. The number of hydrogen-bond donors (Lipinski definition) is 2. The van der Waals surface area contributed by atoms with Crippen molar-refractivity contribution in [1.82, 2.24) is 5.32 Å². The van der Waals surface area contributed by atoms with E-state index in [1.165, 1.54) is 12.1 Å². The Bertz CT molecular complexity index is 890. The molecule has 1 amide bonds. The van der Waals surface area contributed by atoms with Gasteiger partial charge in [-0.1, -0.05) is 11.6 Å². The average molecular weight is 395 g/mol. The number of piperidine rings is 1. The summed E-state index contributed by atoms with van der Waals surface area (Å²) in [7, 11) is -3.91. The zero-order valence-electron chi connectivity index (χ0n) is 13.9. The van der Waals surface area contributed by atoms with Crippen molar-refractivity contribution < 1.29 is 17.9 Å².